The molecule has 0 spiro atoms. The van der Waals surface area contributed by atoms with E-state index in [-0.39, 0.29) is 0 Å². The van der Waals surface area contributed by atoms with Crippen LogP contribution in [0.1, 0.15) is 12.6 Å². The van der Waals surface area contributed by atoms with E-state index in [0.29, 0.717) is 5.11 Å². The van der Waals surface area contributed by atoms with Crippen molar-refractivity contribution in [2.45, 2.75) is 6.92 Å². The Morgan fingerprint density at radius 1 is 1.25 bits per heavy atom. The third-order valence-corrected chi connectivity index (χ3v) is 2.86. The summed E-state index contributed by atoms with van der Waals surface area (Å²) < 4.78 is 5.24. The number of para-hydroxylation sites is 2. The van der Waals surface area contributed by atoms with Gasteiger partial charge in [0.05, 0.1) is 24.2 Å². The number of H-pyrrole nitrogens is 1. The van der Waals surface area contributed by atoms with Gasteiger partial charge in [0.25, 0.3) is 0 Å². The minimum absolute atomic E-state index is 0.403. The zero-order valence-corrected chi connectivity index (χ0v) is 12.1. The van der Waals surface area contributed by atoms with Crippen LogP contribution in [0.15, 0.2) is 47.7 Å². The summed E-state index contributed by atoms with van der Waals surface area (Å²) in [7, 11) is 1.62. The fourth-order valence-corrected chi connectivity index (χ4v) is 1.80. The van der Waals surface area contributed by atoms with Crippen molar-refractivity contribution in [1.82, 2.24) is 10.4 Å². The largest absolute Gasteiger partial charge is 0.495 e. The van der Waals surface area contributed by atoms with Gasteiger partial charge in [0.15, 0.2) is 5.11 Å². The molecule has 0 aliphatic rings. The maximum absolute atomic E-state index is 5.24. The maximum Gasteiger partial charge on any atom is 0.191 e. The zero-order chi connectivity index (χ0) is 14.4. The molecule has 1 aromatic heterocycles. The molecule has 0 saturated heterocycles. The van der Waals surface area contributed by atoms with Crippen molar-refractivity contribution in [3.63, 3.8) is 0 Å². The second-order valence-electron chi connectivity index (χ2n) is 4.05. The minimum Gasteiger partial charge on any atom is -0.495 e. The van der Waals surface area contributed by atoms with Crippen LogP contribution < -0.4 is 15.5 Å². The SMILES string of the molecule is COc1ccccc1NC(=S)N/N=C(\C)c1ccc[nH]1. The third kappa shape index (κ3) is 3.58. The van der Waals surface area contributed by atoms with E-state index in [0.717, 1.165) is 22.8 Å². The van der Waals surface area contributed by atoms with Crippen molar-refractivity contribution < 1.29 is 4.74 Å². The van der Waals surface area contributed by atoms with E-state index < -0.39 is 0 Å². The Kier molecular flexibility index (Phi) is 4.73. The number of hydrogen-bond donors (Lipinski definition) is 3. The van der Waals surface area contributed by atoms with Crippen LogP contribution in [-0.4, -0.2) is 22.9 Å². The summed E-state index contributed by atoms with van der Waals surface area (Å²) in [5.74, 6) is 0.724. The molecule has 1 heterocycles. The van der Waals surface area contributed by atoms with Crippen LogP contribution in [0.4, 0.5) is 5.69 Å². The van der Waals surface area contributed by atoms with Crippen LogP contribution >= 0.6 is 12.2 Å². The predicted octanol–water partition coefficient (Wildman–Crippen LogP) is 2.73. The van der Waals surface area contributed by atoms with Crippen molar-refractivity contribution >= 4 is 28.7 Å². The number of thiocarbonyl (C=S) groups is 1. The van der Waals surface area contributed by atoms with Crippen molar-refractivity contribution in [2.24, 2.45) is 5.10 Å². The van der Waals surface area contributed by atoms with E-state index in [4.69, 9.17) is 17.0 Å². The summed E-state index contributed by atoms with van der Waals surface area (Å²) in [6, 6.07) is 11.4. The number of methoxy groups -OCH3 is 1. The summed E-state index contributed by atoms with van der Waals surface area (Å²) in [6.07, 6.45) is 1.85. The lowest BCUT2D eigenvalue weighted by Gasteiger charge is -2.11. The normalized spacial score (nSPS) is 11.0. The molecule has 0 aliphatic heterocycles. The number of ether oxygens (including phenoxy) is 1. The number of aromatic amines is 1. The zero-order valence-electron chi connectivity index (χ0n) is 11.3. The smallest absolute Gasteiger partial charge is 0.191 e. The topological polar surface area (TPSA) is 61.4 Å². The third-order valence-electron chi connectivity index (χ3n) is 2.67. The highest BCUT2D eigenvalue weighted by Gasteiger charge is 2.03. The van der Waals surface area contributed by atoms with Gasteiger partial charge in [-0.25, -0.2) is 0 Å². The fraction of sp³-hybridized carbons (Fsp3) is 0.143. The molecule has 0 atom stereocenters. The standard InChI is InChI=1S/C14H16N4OS/c1-10(11-7-5-9-15-11)17-18-14(20)16-12-6-3-4-8-13(12)19-2/h3-9,15H,1-2H3,(H2,16,18,20)/b17-10+. The van der Waals surface area contributed by atoms with Crippen LogP contribution in [0, 0.1) is 0 Å². The number of nitrogens with zero attached hydrogens (tertiary/aromatic N) is 1. The molecule has 20 heavy (non-hydrogen) atoms. The predicted molar refractivity (Wildman–Crippen MR) is 85.4 cm³/mol. The Hall–Kier alpha value is -2.34. The molecular weight excluding hydrogens is 272 g/mol. The first-order valence-electron chi connectivity index (χ1n) is 6.09. The van der Waals surface area contributed by atoms with Gasteiger partial charge in [0.1, 0.15) is 5.75 Å². The number of hydrazone groups is 1. The number of benzene rings is 1. The number of aromatic nitrogens is 1. The van der Waals surface area contributed by atoms with Gasteiger partial charge in [-0.1, -0.05) is 12.1 Å². The van der Waals surface area contributed by atoms with Gasteiger partial charge in [0, 0.05) is 6.20 Å². The van der Waals surface area contributed by atoms with E-state index in [1.165, 1.54) is 0 Å². The van der Waals surface area contributed by atoms with Crippen LogP contribution in [0.25, 0.3) is 0 Å². The van der Waals surface area contributed by atoms with Crippen LogP contribution in [-0.2, 0) is 0 Å². The Morgan fingerprint density at radius 2 is 2.05 bits per heavy atom. The number of hydrogen-bond acceptors (Lipinski definition) is 3. The molecule has 2 aromatic rings. The first-order chi connectivity index (χ1) is 9.70. The molecule has 0 saturated carbocycles. The van der Waals surface area contributed by atoms with Gasteiger partial charge in [-0.3, -0.25) is 5.43 Å². The van der Waals surface area contributed by atoms with E-state index >= 15 is 0 Å². The Morgan fingerprint density at radius 3 is 2.75 bits per heavy atom. The summed E-state index contributed by atoms with van der Waals surface area (Å²) in [6.45, 7) is 1.89. The fourth-order valence-electron chi connectivity index (χ4n) is 1.65. The average molecular weight is 288 g/mol. The van der Waals surface area contributed by atoms with Crippen LogP contribution in [0.3, 0.4) is 0 Å². The Labute approximate surface area is 123 Å². The van der Waals surface area contributed by atoms with Gasteiger partial charge in [-0.15, -0.1) is 0 Å². The highest BCUT2D eigenvalue weighted by molar-refractivity contribution is 7.80. The molecule has 0 radical (unpaired) electrons. The second kappa shape index (κ2) is 6.72. The average Bonchev–Trinajstić information content (AvgIpc) is 2.99. The van der Waals surface area contributed by atoms with Crippen LogP contribution in [0.5, 0.6) is 5.75 Å². The van der Waals surface area contributed by atoms with Gasteiger partial charge in [-0.05, 0) is 43.4 Å². The molecule has 6 heteroatoms. The molecule has 0 aliphatic carbocycles. The molecule has 3 N–H and O–H groups in total. The number of anilines is 1. The lowest BCUT2D eigenvalue weighted by atomic mass is 10.3. The number of nitrogens with one attached hydrogen (secondary N) is 3. The number of rotatable bonds is 4. The summed E-state index contributed by atoms with van der Waals surface area (Å²) in [4.78, 5) is 3.07. The van der Waals surface area contributed by atoms with Gasteiger partial charge in [0.2, 0.25) is 0 Å². The molecular formula is C14H16N4OS. The monoisotopic (exact) mass is 288 g/mol. The van der Waals surface area contributed by atoms with E-state index in [2.05, 4.69) is 20.8 Å². The molecule has 104 valence electrons. The molecule has 0 fully saturated rings. The first kappa shape index (κ1) is 14.1. The van der Waals surface area contributed by atoms with Crippen LogP contribution in [0.2, 0.25) is 0 Å². The highest BCUT2D eigenvalue weighted by Crippen LogP contribution is 2.22. The van der Waals surface area contributed by atoms with Crippen molar-refractivity contribution in [3.05, 3.63) is 48.3 Å². The summed E-state index contributed by atoms with van der Waals surface area (Å²) >= 11 is 5.20. The summed E-state index contributed by atoms with van der Waals surface area (Å²) in [5, 5.41) is 7.65. The van der Waals surface area contributed by atoms with Gasteiger partial charge >= 0.3 is 0 Å². The minimum atomic E-state index is 0.403. The van der Waals surface area contributed by atoms with Crippen molar-refractivity contribution in [1.29, 1.82) is 0 Å². The van der Waals surface area contributed by atoms with Gasteiger partial charge in [-0.2, -0.15) is 5.10 Å². The van der Waals surface area contributed by atoms with Gasteiger partial charge < -0.3 is 15.0 Å². The maximum atomic E-state index is 5.24. The van der Waals surface area contributed by atoms with E-state index in [1.807, 2.05) is 49.5 Å². The quantitative estimate of drug-likeness (QED) is 0.460. The lowest BCUT2D eigenvalue weighted by molar-refractivity contribution is 0.417. The van der Waals surface area contributed by atoms with Crippen molar-refractivity contribution in [2.75, 3.05) is 12.4 Å². The molecule has 0 amide bonds. The highest BCUT2D eigenvalue weighted by atomic mass is 32.1. The molecule has 0 unspecified atom stereocenters. The second-order valence-corrected chi connectivity index (χ2v) is 4.46. The molecule has 1 aromatic carbocycles. The molecule has 2 rings (SSSR count). The lowest BCUT2D eigenvalue weighted by Crippen LogP contribution is -2.25. The van der Waals surface area contributed by atoms with Crippen molar-refractivity contribution in [3.8, 4) is 5.75 Å². The Bertz CT molecular complexity index is 607. The first-order valence-corrected chi connectivity index (χ1v) is 6.49. The van der Waals surface area contributed by atoms with E-state index in [1.54, 1.807) is 7.11 Å². The van der Waals surface area contributed by atoms with E-state index in [9.17, 15) is 0 Å². The summed E-state index contributed by atoms with van der Waals surface area (Å²) in [5.41, 5.74) is 5.36. The Balaban J connectivity index is 1.98. The molecule has 5 nitrogen and oxygen atoms in total. The molecule has 0 bridgehead atoms.